The first-order chi connectivity index (χ1) is 9.39. The Labute approximate surface area is 128 Å². The van der Waals surface area contributed by atoms with Gasteiger partial charge in [0.1, 0.15) is 0 Å². The fourth-order valence-corrected chi connectivity index (χ4v) is 4.24. The molecule has 1 saturated carbocycles. The van der Waals surface area contributed by atoms with E-state index in [1.54, 1.807) is 0 Å². The fraction of sp³-hybridized carbons (Fsp3) is 0.824. The van der Waals surface area contributed by atoms with Gasteiger partial charge in [-0.05, 0) is 46.0 Å². The van der Waals surface area contributed by atoms with Crippen molar-refractivity contribution in [3.8, 4) is 0 Å². The Kier molecular flexibility index (Phi) is 5.25. The summed E-state index contributed by atoms with van der Waals surface area (Å²) in [6, 6.07) is 0. The highest BCUT2D eigenvalue weighted by molar-refractivity contribution is 7.11. The van der Waals surface area contributed by atoms with Crippen molar-refractivity contribution in [2.45, 2.75) is 84.7 Å². The van der Waals surface area contributed by atoms with Gasteiger partial charge in [0.2, 0.25) is 0 Å². The maximum absolute atomic E-state index is 4.97. The minimum absolute atomic E-state index is 0.175. The van der Waals surface area contributed by atoms with Crippen molar-refractivity contribution < 1.29 is 0 Å². The van der Waals surface area contributed by atoms with Crippen LogP contribution in [0.15, 0.2) is 0 Å². The van der Waals surface area contributed by atoms with Crippen molar-refractivity contribution in [2.75, 3.05) is 0 Å². The molecule has 0 amide bonds. The third-order valence-electron chi connectivity index (χ3n) is 4.19. The lowest BCUT2D eigenvalue weighted by Gasteiger charge is -2.24. The number of nitrogens with zero attached hydrogens (tertiary/aromatic N) is 1. The first kappa shape index (κ1) is 16.0. The number of aryl methyl sites for hydroxylation is 1. The van der Waals surface area contributed by atoms with E-state index in [-0.39, 0.29) is 5.54 Å². The number of nitrogens with one attached hydrogen (secondary N) is 1. The van der Waals surface area contributed by atoms with E-state index in [2.05, 4.69) is 39.9 Å². The highest BCUT2D eigenvalue weighted by Crippen LogP contribution is 2.38. The van der Waals surface area contributed by atoms with Gasteiger partial charge in [-0.15, -0.1) is 11.3 Å². The summed E-state index contributed by atoms with van der Waals surface area (Å²) in [6.07, 6.45) is 6.51. The molecule has 1 aromatic heterocycles. The monoisotopic (exact) mass is 294 g/mol. The lowest BCUT2D eigenvalue weighted by molar-refractivity contribution is 0.343. The van der Waals surface area contributed by atoms with Crippen LogP contribution in [-0.4, -0.2) is 10.5 Å². The molecule has 2 nitrogen and oxygen atoms in total. The Hall–Kier alpha value is -0.410. The summed E-state index contributed by atoms with van der Waals surface area (Å²) < 4.78 is 0. The van der Waals surface area contributed by atoms with Gasteiger partial charge >= 0.3 is 0 Å². The Balaban J connectivity index is 2.09. The van der Waals surface area contributed by atoms with E-state index >= 15 is 0 Å². The van der Waals surface area contributed by atoms with Crippen molar-refractivity contribution in [2.24, 2.45) is 5.92 Å². The largest absolute Gasteiger partial charge is 0.307 e. The molecule has 1 aliphatic rings. The van der Waals surface area contributed by atoms with Crippen LogP contribution in [0.1, 0.15) is 81.8 Å². The second-order valence-corrected chi connectivity index (χ2v) is 8.46. The van der Waals surface area contributed by atoms with Crippen LogP contribution in [0.25, 0.3) is 0 Å². The molecule has 1 aromatic rings. The first-order valence-electron chi connectivity index (χ1n) is 8.12. The highest BCUT2D eigenvalue weighted by atomic mass is 32.1. The zero-order valence-corrected chi connectivity index (χ0v) is 14.6. The summed E-state index contributed by atoms with van der Waals surface area (Å²) in [5.41, 5.74) is 1.49. The maximum Gasteiger partial charge on any atom is 0.0962 e. The molecule has 0 aromatic carbocycles. The van der Waals surface area contributed by atoms with Crippen LogP contribution in [0, 0.1) is 5.92 Å². The van der Waals surface area contributed by atoms with Gasteiger partial charge in [0.15, 0.2) is 0 Å². The summed E-state index contributed by atoms with van der Waals surface area (Å²) in [4.78, 5) is 6.42. The second-order valence-electron chi connectivity index (χ2n) is 7.35. The highest BCUT2D eigenvalue weighted by Gasteiger charge is 2.24. The normalized spacial score (nSPS) is 24.1. The quantitative estimate of drug-likeness (QED) is 0.855. The van der Waals surface area contributed by atoms with Gasteiger partial charge in [-0.3, -0.25) is 0 Å². The fourth-order valence-electron chi connectivity index (χ4n) is 3.00. The molecule has 2 atom stereocenters. The number of hydrogen-bond donors (Lipinski definition) is 1. The molecule has 1 heterocycles. The average molecular weight is 295 g/mol. The van der Waals surface area contributed by atoms with Crippen molar-refractivity contribution in [3.63, 3.8) is 0 Å². The molecule has 2 unspecified atom stereocenters. The summed E-state index contributed by atoms with van der Waals surface area (Å²) in [7, 11) is 0. The van der Waals surface area contributed by atoms with Crippen LogP contribution < -0.4 is 5.32 Å². The van der Waals surface area contributed by atoms with Gasteiger partial charge in [-0.1, -0.05) is 26.7 Å². The van der Waals surface area contributed by atoms with E-state index in [0.717, 1.165) is 24.8 Å². The van der Waals surface area contributed by atoms with Crippen molar-refractivity contribution in [1.29, 1.82) is 0 Å². The van der Waals surface area contributed by atoms with Crippen LogP contribution in [0.5, 0.6) is 0 Å². The Bertz CT molecular complexity index is 431. The molecular weight excluding hydrogens is 264 g/mol. The molecule has 1 fully saturated rings. The van der Waals surface area contributed by atoms with Gasteiger partial charge in [0, 0.05) is 22.9 Å². The number of hydrogen-bond acceptors (Lipinski definition) is 3. The second kappa shape index (κ2) is 6.57. The van der Waals surface area contributed by atoms with Gasteiger partial charge < -0.3 is 5.32 Å². The Morgan fingerprint density at radius 2 is 2.05 bits per heavy atom. The average Bonchev–Trinajstić information content (AvgIpc) is 2.79. The van der Waals surface area contributed by atoms with Crippen LogP contribution in [0.2, 0.25) is 0 Å². The van der Waals surface area contributed by atoms with Gasteiger partial charge in [0.25, 0.3) is 0 Å². The molecule has 0 aliphatic heterocycles. The standard InChI is InChI=1S/C17H30N2S/c1-6-14-15(11-18-17(3,4)5)20-16(19-14)13-9-7-8-12(2)10-13/h12-13,18H,6-11H2,1-5H3. The topological polar surface area (TPSA) is 24.9 Å². The molecule has 3 heteroatoms. The van der Waals surface area contributed by atoms with E-state index in [0.29, 0.717) is 0 Å². The van der Waals surface area contributed by atoms with E-state index < -0.39 is 0 Å². The Morgan fingerprint density at radius 1 is 1.30 bits per heavy atom. The van der Waals surface area contributed by atoms with Crippen molar-refractivity contribution in [3.05, 3.63) is 15.6 Å². The molecular formula is C17H30N2S. The zero-order valence-electron chi connectivity index (χ0n) is 13.8. The van der Waals surface area contributed by atoms with Gasteiger partial charge in [-0.2, -0.15) is 0 Å². The van der Waals surface area contributed by atoms with Gasteiger partial charge in [-0.25, -0.2) is 4.98 Å². The molecule has 1 N–H and O–H groups in total. The molecule has 1 aliphatic carbocycles. The summed E-state index contributed by atoms with van der Waals surface area (Å²) in [5, 5.41) is 5.01. The number of rotatable bonds is 4. The molecule has 0 spiro atoms. The smallest absolute Gasteiger partial charge is 0.0962 e. The molecule has 20 heavy (non-hydrogen) atoms. The first-order valence-corrected chi connectivity index (χ1v) is 8.94. The molecule has 0 bridgehead atoms. The van der Waals surface area contributed by atoms with Crippen LogP contribution in [0.4, 0.5) is 0 Å². The maximum atomic E-state index is 4.97. The summed E-state index contributed by atoms with van der Waals surface area (Å²) >= 11 is 1.96. The summed E-state index contributed by atoms with van der Waals surface area (Å²) in [6.45, 7) is 12.3. The number of aromatic nitrogens is 1. The minimum Gasteiger partial charge on any atom is -0.307 e. The third-order valence-corrected chi connectivity index (χ3v) is 5.45. The van der Waals surface area contributed by atoms with E-state index in [1.165, 1.54) is 41.3 Å². The van der Waals surface area contributed by atoms with E-state index in [4.69, 9.17) is 4.98 Å². The van der Waals surface area contributed by atoms with Gasteiger partial charge in [0.05, 0.1) is 10.7 Å². The third kappa shape index (κ3) is 4.29. The molecule has 2 rings (SSSR count). The zero-order chi connectivity index (χ0) is 14.8. The predicted molar refractivity (Wildman–Crippen MR) is 88.5 cm³/mol. The summed E-state index contributed by atoms with van der Waals surface area (Å²) in [5.74, 6) is 1.59. The van der Waals surface area contributed by atoms with E-state index in [1.807, 2.05) is 11.3 Å². The van der Waals surface area contributed by atoms with E-state index in [9.17, 15) is 0 Å². The lowest BCUT2D eigenvalue weighted by atomic mass is 9.83. The predicted octanol–water partition coefficient (Wildman–Crippen LogP) is 4.89. The molecule has 114 valence electrons. The van der Waals surface area contributed by atoms with Crippen LogP contribution in [0.3, 0.4) is 0 Å². The molecule has 0 saturated heterocycles. The van der Waals surface area contributed by atoms with Crippen molar-refractivity contribution >= 4 is 11.3 Å². The Morgan fingerprint density at radius 3 is 2.65 bits per heavy atom. The number of thiazole rings is 1. The van der Waals surface area contributed by atoms with Crippen LogP contribution in [-0.2, 0) is 13.0 Å². The molecule has 0 radical (unpaired) electrons. The SMILES string of the molecule is CCc1nc(C2CCCC(C)C2)sc1CNC(C)(C)C. The lowest BCUT2D eigenvalue weighted by Crippen LogP contribution is -2.35. The van der Waals surface area contributed by atoms with Crippen LogP contribution >= 0.6 is 11.3 Å². The minimum atomic E-state index is 0.175. The van der Waals surface area contributed by atoms with Crippen molar-refractivity contribution in [1.82, 2.24) is 10.3 Å².